The first-order valence-corrected chi connectivity index (χ1v) is 10.7. The maximum atomic E-state index is 12.2. The molecule has 0 aromatic rings. The van der Waals surface area contributed by atoms with Gasteiger partial charge in [-0.25, -0.2) is 9.59 Å². The summed E-state index contributed by atoms with van der Waals surface area (Å²) in [4.78, 5) is 35.1. The molecule has 0 fully saturated rings. The second-order valence-electron chi connectivity index (χ2n) is 8.05. The number of Topliss-reactive ketones (excluding diaryl/α,β-unsaturated/α-hetero) is 1. The van der Waals surface area contributed by atoms with E-state index in [4.69, 9.17) is 23.7 Å². The van der Waals surface area contributed by atoms with Crippen LogP contribution in [0.1, 0.15) is 73.6 Å². The Kier molecular flexibility index (Phi) is 14.5. The summed E-state index contributed by atoms with van der Waals surface area (Å²) in [5, 5.41) is 0. The highest BCUT2D eigenvalue weighted by molar-refractivity contribution is 5.79. The minimum Gasteiger partial charge on any atom is -0.463 e. The van der Waals surface area contributed by atoms with Gasteiger partial charge in [0.2, 0.25) is 0 Å². The Hall–Kier alpha value is -1.51. The predicted molar refractivity (Wildman–Crippen MR) is 112 cm³/mol. The van der Waals surface area contributed by atoms with E-state index in [2.05, 4.69) is 0 Å². The maximum Gasteiger partial charge on any atom is 0.337 e. The third kappa shape index (κ3) is 13.7. The zero-order chi connectivity index (χ0) is 23.0. The summed E-state index contributed by atoms with van der Waals surface area (Å²) in [7, 11) is 0. The van der Waals surface area contributed by atoms with Gasteiger partial charge in [0, 0.05) is 26.1 Å². The summed E-state index contributed by atoms with van der Waals surface area (Å²) in [6.07, 6.45) is 3.53. The third-order valence-corrected chi connectivity index (χ3v) is 4.27. The normalized spacial score (nSPS) is 11.9. The highest BCUT2D eigenvalue weighted by atomic mass is 16.6. The van der Waals surface area contributed by atoms with Crippen LogP contribution < -0.4 is 0 Å². The van der Waals surface area contributed by atoms with Crippen molar-refractivity contribution in [3.8, 4) is 0 Å². The summed E-state index contributed by atoms with van der Waals surface area (Å²) in [5.74, 6) is -0.719. The Morgan fingerprint density at radius 2 is 1.20 bits per heavy atom. The molecule has 30 heavy (non-hydrogen) atoms. The zero-order valence-electron chi connectivity index (χ0n) is 19.5. The van der Waals surface area contributed by atoms with Crippen molar-refractivity contribution >= 4 is 17.7 Å². The molecule has 0 N–H and O–H groups in total. The number of carbonyl (C=O) groups is 3. The van der Waals surface area contributed by atoms with Crippen LogP contribution in [-0.4, -0.2) is 68.6 Å². The van der Waals surface area contributed by atoms with Gasteiger partial charge in [0.15, 0.2) is 11.2 Å². The van der Waals surface area contributed by atoms with Gasteiger partial charge in [-0.3, -0.25) is 0 Å². The monoisotopic (exact) mass is 432 g/mol. The number of rotatable bonds is 18. The SMILES string of the molecule is CCOCCOC(=O)C(C)(C)OCCCOC(=O)C(C)(C)OCCCCCC(C)=O. The van der Waals surface area contributed by atoms with Gasteiger partial charge in [-0.15, -0.1) is 0 Å². The van der Waals surface area contributed by atoms with Crippen LogP contribution in [-0.2, 0) is 38.1 Å². The summed E-state index contributed by atoms with van der Waals surface area (Å²) >= 11 is 0. The predicted octanol–water partition coefficient (Wildman–Crippen LogP) is 3.24. The number of ketones is 1. The van der Waals surface area contributed by atoms with Crippen LogP contribution >= 0.6 is 0 Å². The second-order valence-corrected chi connectivity index (χ2v) is 8.05. The fraction of sp³-hybridized carbons (Fsp3) is 0.864. The van der Waals surface area contributed by atoms with Gasteiger partial charge in [0.1, 0.15) is 12.4 Å². The molecule has 0 spiro atoms. The van der Waals surface area contributed by atoms with E-state index in [9.17, 15) is 14.4 Å². The molecule has 0 saturated heterocycles. The van der Waals surface area contributed by atoms with E-state index in [0.717, 1.165) is 19.3 Å². The molecular weight excluding hydrogens is 392 g/mol. The number of unbranched alkanes of at least 4 members (excludes halogenated alkanes) is 2. The number of carbonyl (C=O) groups excluding carboxylic acids is 3. The molecule has 0 radical (unpaired) electrons. The van der Waals surface area contributed by atoms with Crippen molar-refractivity contribution < 1.29 is 38.1 Å². The number of hydrogen-bond donors (Lipinski definition) is 0. The summed E-state index contributed by atoms with van der Waals surface area (Å²) in [6, 6.07) is 0. The minimum absolute atomic E-state index is 0.166. The van der Waals surface area contributed by atoms with Crippen LogP contribution in [0, 0.1) is 0 Å². The molecular formula is C22H40O8. The molecule has 0 saturated carbocycles. The third-order valence-electron chi connectivity index (χ3n) is 4.27. The fourth-order valence-electron chi connectivity index (χ4n) is 2.33. The quantitative estimate of drug-likeness (QED) is 0.240. The smallest absolute Gasteiger partial charge is 0.337 e. The van der Waals surface area contributed by atoms with Crippen molar-refractivity contribution in [3.05, 3.63) is 0 Å². The largest absolute Gasteiger partial charge is 0.463 e. The highest BCUT2D eigenvalue weighted by Crippen LogP contribution is 2.15. The molecule has 0 aliphatic carbocycles. The van der Waals surface area contributed by atoms with Gasteiger partial charge in [-0.1, -0.05) is 6.42 Å². The Morgan fingerprint density at radius 3 is 1.73 bits per heavy atom. The van der Waals surface area contributed by atoms with Crippen LogP contribution in [0.2, 0.25) is 0 Å². The zero-order valence-corrected chi connectivity index (χ0v) is 19.5. The lowest BCUT2D eigenvalue weighted by Gasteiger charge is -2.24. The van der Waals surface area contributed by atoms with E-state index in [-0.39, 0.29) is 25.6 Å². The fourth-order valence-corrected chi connectivity index (χ4v) is 2.33. The summed E-state index contributed by atoms with van der Waals surface area (Å²) < 4.78 is 26.7. The standard InChI is InChI=1S/C22H40O8/c1-7-26-16-17-28-20(25)22(5,6)30-15-11-13-27-19(24)21(3,4)29-14-10-8-9-12-18(2)23/h7-17H2,1-6H3. The Labute approximate surface area is 180 Å². The van der Waals surface area contributed by atoms with Crippen molar-refractivity contribution in [3.63, 3.8) is 0 Å². The lowest BCUT2D eigenvalue weighted by molar-refractivity contribution is -0.173. The first-order valence-electron chi connectivity index (χ1n) is 10.7. The van der Waals surface area contributed by atoms with Crippen LogP contribution in [0.25, 0.3) is 0 Å². The molecule has 0 aromatic carbocycles. The second kappa shape index (κ2) is 15.3. The summed E-state index contributed by atoms with van der Waals surface area (Å²) in [6.45, 7) is 12.0. The topological polar surface area (TPSA) is 97.4 Å². The van der Waals surface area contributed by atoms with E-state index in [0.29, 0.717) is 32.7 Å². The summed E-state index contributed by atoms with van der Waals surface area (Å²) in [5.41, 5.74) is -2.12. The van der Waals surface area contributed by atoms with Gasteiger partial charge >= 0.3 is 11.9 Å². The molecule has 0 rings (SSSR count). The molecule has 8 heteroatoms. The molecule has 0 amide bonds. The average Bonchev–Trinajstić information content (AvgIpc) is 2.66. The van der Waals surface area contributed by atoms with Gasteiger partial charge in [0.25, 0.3) is 0 Å². The van der Waals surface area contributed by atoms with Crippen LogP contribution in [0.4, 0.5) is 0 Å². The Balaban J connectivity index is 3.97. The molecule has 0 unspecified atom stereocenters. The van der Waals surface area contributed by atoms with E-state index >= 15 is 0 Å². The van der Waals surface area contributed by atoms with Crippen molar-refractivity contribution in [2.24, 2.45) is 0 Å². The molecule has 0 aliphatic heterocycles. The van der Waals surface area contributed by atoms with E-state index in [1.165, 1.54) is 0 Å². The highest BCUT2D eigenvalue weighted by Gasteiger charge is 2.31. The Bertz CT molecular complexity index is 513. The number of hydrogen-bond acceptors (Lipinski definition) is 8. The van der Waals surface area contributed by atoms with Gasteiger partial charge in [-0.05, 0) is 54.4 Å². The maximum absolute atomic E-state index is 12.2. The molecule has 0 atom stereocenters. The molecule has 0 heterocycles. The van der Waals surface area contributed by atoms with E-state index in [1.54, 1.807) is 34.6 Å². The molecule has 8 nitrogen and oxygen atoms in total. The van der Waals surface area contributed by atoms with Crippen molar-refractivity contribution in [2.45, 2.75) is 84.8 Å². The molecule has 0 bridgehead atoms. The van der Waals surface area contributed by atoms with Crippen LogP contribution in [0.15, 0.2) is 0 Å². The number of esters is 2. The van der Waals surface area contributed by atoms with Crippen molar-refractivity contribution in [1.29, 1.82) is 0 Å². The molecule has 0 aliphatic rings. The molecule has 176 valence electrons. The number of ether oxygens (including phenoxy) is 5. The first-order chi connectivity index (χ1) is 14.0. The van der Waals surface area contributed by atoms with E-state index < -0.39 is 23.1 Å². The van der Waals surface area contributed by atoms with Crippen LogP contribution in [0.3, 0.4) is 0 Å². The molecule has 0 aromatic heterocycles. The first kappa shape index (κ1) is 28.5. The van der Waals surface area contributed by atoms with Crippen molar-refractivity contribution in [2.75, 3.05) is 39.6 Å². The average molecular weight is 433 g/mol. The van der Waals surface area contributed by atoms with E-state index in [1.807, 2.05) is 6.92 Å². The van der Waals surface area contributed by atoms with Crippen LogP contribution in [0.5, 0.6) is 0 Å². The Morgan fingerprint density at radius 1 is 0.667 bits per heavy atom. The van der Waals surface area contributed by atoms with Gasteiger partial charge in [0.05, 0.1) is 19.8 Å². The van der Waals surface area contributed by atoms with Crippen molar-refractivity contribution in [1.82, 2.24) is 0 Å². The lowest BCUT2D eigenvalue weighted by Crippen LogP contribution is -2.38. The lowest BCUT2D eigenvalue weighted by atomic mass is 10.1. The minimum atomic E-state index is -1.08. The van der Waals surface area contributed by atoms with Gasteiger partial charge in [-0.2, -0.15) is 0 Å². The van der Waals surface area contributed by atoms with Gasteiger partial charge < -0.3 is 28.5 Å².